The lowest BCUT2D eigenvalue weighted by Gasteiger charge is -2.49. The van der Waals surface area contributed by atoms with Crippen molar-refractivity contribution < 1.29 is 52.7 Å². The van der Waals surface area contributed by atoms with E-state index < -0.39 is 83.7 Å². The summed E-state index contributed by atoms with van der Waals surface area (Å²) in [4.78, 5) is 49.4. The summed E-state index contributed by atoms with van der Waals surface area (Å²) in [6.07, 6.45) is -2.34. The number of ether oxygens (including phenoxy) is 6. The van der Waals surface area contributed by atoms with Crippen LogP contribution in [0.5, 0.6) is 0 Å². The molecule has 4 aliphatic rings. The molecule has 2 N–H and O–H groups in total. The molecule has 0 spiro atoms. The van der Waals surface area contributed by atoms with Gasteiger partial charge in [0.2, 0.25) is 0 Å². The predicted octanol–water partition coefficient (Wildman–Crippen LogP) is 5.07. The number of alkyl carbamates (subject to hydrolysis) is 1. The van der Waals surface area contributed by atoms with E-state index in [0.717, 1.165) is 12.8 Å². The summed E-state index contributed by atoms with van der Waals surface area (Å²) >= 11 is 0. The third-order valence-electron chi connectivity index (χ3n) is 12.6. The zero-order chi connectivity index (χ0) is 41.7. The van der Waals surface area contributed by atoms with Crippen LogP contribution in [-0.4, -0.2) is 128 Å². The van der Waals surface area contributed by atoms with Gasteiger partial charge in [-0.05, 0) is 79.5 Å². The number of hydrogen-bond acceptors (Lipinski definition) is 13. The van der Waals surface area contributed by atoms with Gasteiger partial charge in [0, 0.05) is 30.2 Å². The number of ketones is 1. The van der Waals surface area contributed by atoms with Crippen LogP contribution in [0.25, 0.3) is 0 Å². The summed E-state index contributed by atoms with van der Waals surface area (Å²) in [5.74, 6) is -3.40. The molecule has 2 bridgehead atoms. The largest absolute Gasteiger partial charge is 0.458 e. The number of carbonyl (C=O) groups excluding carboxylic acids is 3. The molecule has 0 saturated carbocycles. The molecule has 0 aliphatic carbocycles. The number of nitrogens with zero attached hydrogens (tertiary/aromatic N) is 2. The van der Waals surface area contributed by atoms with Crippen LogP contribution in [0, 0.1) is 23.7 Å². The normalized spacial score (nSPS) is 40.5. The number of cyclic esters (lactones) is 1. The quantitative estimate of drug-likeness (QED) is 0.194. The minimum atomic E-state index is -1.31. The molecule has 14 nitrogen and oxygen atoms in total. The fourth-order valence-electron chi connectivity index (χ4n) is 9.42. The maximum absolute atomic E-state index is 14.5. The third-order valence-corrected chi connectivity index (χ3v) is 12.6. The van der Waals surface area contributed by atoms with Gasteiger partial charge < -0.3 is 48.6 Å². The second-order valence-electron chi connectivity index (χ2n) is 17.4. The van der Waals surface area contributed by atoms with E-state index in [0.29, 0.717) is 31.6 Å². The standard InChI is InChI=1S/C43H67N3O11/c1-11-33-43(8)37(44-41(50)57-43)27(4)34(47)25(2)23-42(7)38(56-40-35(48)32(46(9)10)22-26(3)54-40)28(5)36(29(6)39(49)55-33)51-24-31(19-21-52-42)45-53-20-15-18-30-16-13-12-14-17-30/h12-14,16-17,25-29,32-33,35-38,40,48H,11,15,18-24H2,1-10H3,(H,44,50)/b45-31-/t25-,26-,27+,28+,29-,32+,33-,35-,36+,37-,38-,40+,42-,43-/m1/s1. The number of carbonyl (C=O) groups is 3. The SMILES string of the molecule is CC[C@H]1OC(=O)[C@H](C)[C@H]2OC/C(=N\OCCCc3ccccc3)CCO[C@](C)(C[C@@H](C)C(=O)[C@H](C)[C@H]3NC(=O)O[C@@]31C)[C@H](O[C@@H]1O[C@H](C)C[C@H](N(C)C)[C@H]1O)[C@H]2C. The number of Topliss-reactive ketones (excluding diaryl/α,β-unsaturated/α-hetero) is 1. The van der Waals surface area contributed by atoms with Crippen molar-refractivity contribution >= 4 is 23.6 Å². The molecule has 1 aromatic carbocycles. The van der Waals surface area contributed by atoms with Gasteiger partial charge in [0.15, 0.2) is 11.9 Å². The summed E-state index contributed by atoms with van der Waals surface area (Å²) in [6, 6.07) is 9.18. The van der Waals surface area contributed by atoms with Gasteiger partial charge in [-0.15, -0.1) is 0 Å². The number of likely N-dealkylation sites (N-methyl/N-ethyl adjacent to an activating group) is 1. The second-order valence-corrected chi connectivity index (χ2v) is 17.4. The Bertz CT molecular complexity index is 1540. The first kappa shape index (κ1) is 45.0. The van der Waals surface area contributed by atoms with Crippen molar-refractivity contribution in [3.63, 3.8) is 0 Å². The number of hydrogen-bond donors (Lipinski definition) is 2. The average Bonchev–Trinajstić information content (AvgIpc) is 3.49. The summed E-state index contributed by atoms with van der Waals surface area (Å²) in [7, 11) is 3.83. The highest BCUT2D eigenvalue weighted by Crippen LogP contribution is 2.42. The van der Waals surface area contributed by atoms with Crippen molar-refractivity contribution in [1.82, 2.24) is 10.2 Å². The maximum atomic E-state index is 14.5. The minimum absolute atomic E-state index is 0.0470. The zero-order valence-corrected chi connectivity index (χ0v) is 35.6. The first-order chi connectivity index (χ1) is 27.0. The number of oxime groups is 1. The summed E-state index contributed by atoms with van der Waals surface area (Å²) < 4.78 is 38.9. The van der Waals surface area contributed by atoms with E-state index in [4.69, 9.17) is 33.3 Å². The van der Waals surface area contributed by atoms with Crippen LogP contribution in [0.15, 0.2) is 35.5 Å². The lowest BCUT2D eigenvalue weighted by molar-refractivity contribution is -0.304. The third kappa shape index (κ3) is 10.4. The van der Waals surface area contributed by atoms with Gasteiger partial charge >= 0.3 is 12.1 Å². The van der Waals surface area contributed by atoms with E-state index in [2.05, 4.69) is 22.6 Å². The number of esters is 1. The van der Waals surface area contributed by atoms with Crippen LogP contribution < -0.4 is 5.32 Å². The van der Waals surface area contributed by atoms with Crippen LogP contribution in [0.1, 0.15) is 93.1 Å². The number of aliphatic hydroxyl groups is 1. The molecule has 4 heterocycles. The summed E-state index contributed by atoms with van der Waals surface area (Å²) in [6.45, 7) is 15.4. The molecule has 320 valence electrons. The van der Waals surface area contributed by atoms with Crippen molar-refractivity contribution in [3.05, 3.63) is 35.9 Å². The molecule has 5 rings (SSSR count). The predicted molar refractivity (Wildman–Crippen MR) is 212 cm³/mol. The minimum Gasteiger partial charge on any atom is -0.458 e. The van der Waals surface area contributed by atoms with E-state index in [1.165, 1.54) is 5.56 Å². The molecule has 14 atom stereocenters. The van der Waals surface area contributed by atoms with Crippen molar-refractivity contribution in [1.29, 1.82) is 0 Å². The van der Waals surface area contributed by atoms with E-state index in [1.54, 1.807) is 20.8 Å². The monoisotopic (exact) mass is 801 g/mol. The fourth-order valence-corrected chi connectivity index (χ4v) is 9.42. The molecule has 4 aliphatic heterocycles. The topological polar surface area (TPSA) is 164 Å². The highest BCUT2D eigenvalue weighted by atomic mass is 16.7. The molecule has 1 amide bonds. The van der Waals surface area contributed by atoms with E-state index in [-0.39, 0.29) is 37.6 Å². The Balaban J connectivity index is 1.53. The lowest BCUT2D eigenvalue weighted by atomic mass is 9.73. The van der Waals surface area contributed by atoms with Crippen molar-refractivity contribution in [2.75, 3.05) is 33.9 Å². The number of nitrogens with one attached hydrogen (secondary N) is 1. The Kier molecular flexibility index (Phi) is 15.2. The van der Waals surface area contributed by atoms with Crippen molar-refractivity contribution in [3.8, 4) is 0 Å². The summed E-state index contributed by atoms with van der Waals surface area (Å²) in [5.41, 5.74) is -0.669. The highest BCUT2D eigenvalue weighted by molar-refractivity contribution is 5.86. The molecule has 0 unspecified atom stereocenters. The van der Waals surface area contributed by atoms with Gasteiger partial charge in [-0.3, -0.25) is 9.59 Å². The Morgan fingerprint density at radius 2 is 1.75 bits per heavy atom. The fraction of sp³-hybridized carbons (Fsp3) is 0.767. The van der Waals surface area contributed by atoms with Gasteiger partial charge in [0.25, 0.3) is 0 Å². The first-order valence-electron chi connectivity index (χ1n) is 20.8. The number of benzene rings is 1. The van der Waals surface area contributed by atoms with Crippen LogP contribution in [-0.2, 0) is 49.3 Å². The molecule has 4 fully saturated rings. The second kappa shape index (κ2) is 19.3. The summed E-state index contributed by atoms with van der Waals surface area (Å²) in [5, 5.41) is 19.0. The van der Waals surface area contributed by atoms with Crippen LogP contribution in [0.4, 0.5) is 4.79 Å². The molecule has 14 heteroatoms. The number of fused-ring (bicyclic) bond motifs is 4. The van der Waals surface area contributed by atoms with Gasteiger partial charge in [-0.25, -0.2) is 4.79 Å². The van der Waals surface area contributed by atoms with Crippen LogP contribution in [0.3, 0.4) is 0 Å². The molecular formula is C43H67N3O11. The van der Waals surface area contributed by atoms with Crippen LogP contribution >= 0.6 is 0 Å². The molecule has 57 heavy (non-hydrogen) atoms. The van der Waals surface area contributed by atoms with Gasteiger partial charge in [0.05, 0.1) is 54.8 Å². The number of aryl methyl sites for hydroxylation is 1. The molecule has 0 radical (unpaired) electrons. The maximum Gasteiger partial charge on any atom is 0.408 e. The van der Waals surface area contributed by atoms with Crippen LogP contribution in [0.2, 0.25) is 0 Å². The zero-order valence-electron chi connectivity index (χ0n) is 35.6. The van der Waals surface area contributed by atoms with E-state index in [9.17, 15) is 19.5 Å². The van der Waals surface area contributed by atoms with Gasteiger partial charge in [-0.2, -0.15) is 0 Å². The lowest BCUT2D eigenvalue weighted by Crippen LogP contribution is -2.61. The number of aliphatic hydroxyl groups excluding tert-OH is 1. The Labute approximate surface area is 338 Å². The molecular weight excluding hydrogens is 734 g/mol. The Hall–Kier alpha value is -3.14. The molecule has 1 aromatic rings. The number of amides is 1. The smallest absolute Gasteiger partial charge is 0.408 e. The Morgan fingerprint density at radius 1 is 1.04 bits per heavy atom. The molecule has 4 saturated heterocycles. The van der Waals surface area contributed by atoms with E-state index in [1.807, 2.05) is 71.8 Å². The van der Waals surface area contributed by atoms with Crippen molar-refractivity contribution in [2.45, 2.75) is 154 Å². The van der Waals surface area contributed by atoms with E-state index >= 15 is 0 Å². The first-order valence-corrected chi connectivity index (χ1v) is 20.8. The highest BCUT2D eigenvalue weighted by Gasteiger charge is 2.57. The number of rotatable bonds is 9. The van der Waals surface area contributed by atoms with Gasteiger partial charge in [0.1, 0.15) is 24.6 Å². The Morgan fingerprint density at radius 3 is 2.44 bits per heavy atom. The van der Waals surface area contributed by atoms with Gasteiger partial charge in [-0.1, -0.05) is 63.2 Å². The average molecular weight is 802 g/mol. The molecule has 0 aromatic heterocycles. The van der Waals surface area contributed by atoms with Crippen molar-refractivity contribution in [2.24, 2.45) is 28.8 Å².